The molecular formula is C55H67N11O5. The number of rotatable bonds is 10. The van der Waals surface area contributed by atoms with E-state index in [0.717, 1.165) is 95.9 Å². The molecule has 5 saturated heterocycles. The third-order valence-corrected chi connectivity index (χ3v) is 18.5. The van der Waals surface area contributed by atoms with E-state index in [9.17, 15) is 19.2 Å². The fourth-order valence-corrected chi connectivity index (χ4v) is 13.9. The Morgan fingerprint density at radius 1 is 0.845 bits per heavy atom. The lowest BCUT2D eigenvalue weighted by atomic mass is 9.73. The SMILES string of the molecule is CC(C)n1cnc2cc(-c3ccc4c(c3)N(C3CC(N5CCCCC5)C3)C(=O)C43CCN(C(=O)[C@@]45C[C@@H]4CN(C(=O)C4CCN(c6ccc(C7CCC(=O)NC7=O)cn6)CC4)C5)CC3)nc(NC3CC3)c21. The second kappa shape index (κ2) is 17.1. The maximum atomic E-state index is 15.3. The van der Waals surface area contributed by atoms with Gasteiger partial charge in [-0.1, -0.05) is 24.6 Å². The summed E-state index contributed by atoms with van der Waals surface area (Å²) in [5.41, 5.74) is 5.48. The number of likely N-dealkylation sites (tertiary alicyclic amines) is 3. The molecule has 9 heterocycles. The Morgan fingerprint density at radius 2 is 1.63 bits per heavy atom. The largest absolute Gasteiger partial charge is 0.366 e. The number of aromatic nitrogens is 4. The summed E-state index contributed by atoms with van der Waals surface area (Å²) in [5.74, 6) is 1.42. The number of anilines is 3. The summed E-state index contributed by atoms with van der Waals surface area (Å²) in [6.45, 7) is 10.2. The maximum Gasteiger partial charge on any atom is 0.238 e. The molecule has 5 amide bonds. The molecule has 0 bridgehead atoms. The minimum atomic E-state index is -0.689. The van der Waals surface area contributed by atoms with Crippen LogP contribution in [0.15, 0.2) is 48.9 Å². The average Bonchev–Trinajstić information content (AvgIpc) is 4.22. The minimum absolute atomic E-state index is 0.0973. The summed E-state index contributed by atoms with van der Waals surface area (Å²) in [6.07, 6.45) is 16.0. The zero-order valence-corrected chi connectivity index (χ0v) is 41.3. The standard InChI is InChI=1S/C55H67N11O5/c1-33(2)65-32-57-44-27-43(59-49(48(44)65)58-38-8-9-38)35-6-11-42-45(24-35)66(40-25-39(26-40)61-18-4-3-5-19-61)53(71)54(42)16-22-63(23-17-54)52(70)55-28-37(55)30-64(31-55)51(69)34-14-20-62(21-15-34)46-12-7-36(29-56-46)41-10-13-47(67)60-50(41)68/h6-7,11-12,24,27,29,32-34,37-41H,3-5,8-10,13-23,25-26,28,30-31H2,1-2H3,(H,58,59)(H,60,67,68)/t37-,39?,40?,41?,55-/m1/s1. The Balaban J connectivity index is 0.689. The third-order valence-electron chi connectivity index (χ3n) is 18.5. The molecule has 3 aromatic heterocycles. The lowest BCUT2D eigenvalue weighted by Gasteiger charge is -2.48. The summed E-state index contributed by atoms with van der Waals surface area (Å²) in [5, 5.41) is 6.14. The van der Waals surface area contributed by atoms with Crippen LogP contribution in [0.4, 0.5) is 17.3 Å². The number of piperidine rings is 5. The molecule has 1 spiro atoms. The molecule has 9 aliphatic rings. The number of hydrogen-bond acceptors (Lipinski definition) is 11. The molecule has 1 unspecified atom stereocenters. The van der Waals surface area contributed by atoms with Crippen molar-refractivity contribution in [2.45, 2.75) is 139 Å². The number of imidazole rings is 1. The fraction of sp³-hybridized carbons (Fsp3) is 0.600. The van der Waals surface area contributed by atoms with Gasteiger partial charge in [0.05, 0.1) is 34.3 Å². The van der Waals surface area contributed by atoms with Gasteiger partial charge in [0.2, 0.25) is 29.5 Å². The van der Waals surface area contributed by atoms with Crippen molar-refractivity contribution in [2.24, 2.45) is 17.3 Å². The molecule has 16 heteroatoms. The summed E-state index contributed by atoms with van der Waals surface area (Å²) in [7, 11) is 0. The van der Waals surface area contributed by atoms with E-state index in [1.807, 2.05) is 28.3 Å². The summed E-state index contributed by atoms with van der Waals surface area (Å²) >= 11 is 0. The highest BCUT2D eigenvalue weighted by molar-refractivity contribution is 6.10. The molecular weight excluding hydrogens is 895 g/mol. The van der Waals surface area contributed by atoms with E-state index in [-0.39, 0.29) is 59.4 Å². The Hall–Kier alpha value is -5.90. The molecule has 1 aromatic carbocycles. The average molecular weight is 962 g/mol. The van der Waals surface area contributed by atoms with E-state index in [4.69, 9.17) is 9.97 Å². The number of imide groups is 1. The summed E-state index contributed by atoms with van der Waals surface area (Å²) < 4.78 is 2.20. The van der Waals surface area contributed by atoms with Crippen LogP contribution >= 0.6 is 0 Å². The lowest BCUT2D eigenvalue weighted by Crippen LogP contribution is -2.58. The number of fused-ring (bicyclic) bond motifs is 4. The predicted molar refractivity (Wildman–Crippen MR) is 269 cm³/mol. The summed E-state index contributed by atoms with van der Waals surface area (Å²) in [4.78, 5) is 93.9. The fourth-order valence-electron chi connectivity index (χ4n) is 13.9. The molecule has 372 valence electrons. The Labute approximate surface area is 415 Å². The minimum Gasteiger partial charge on any atom is -0.366 e. The van der Waals surface area contributed by atoms with Gasteiger partial charge in [-0.25, -0.2) is 15.0 Å². The maximum absolute atomic E-state index is 15.3. The van der Waals surface area contributed by atoms with E-state index in [1.165, 1.54) is 19.3 Å². The van der Waals surface area contributed by atoms with Crippen LogP contribution in [0.3, 0.4) is 0 Å². The van der Waals surface area contributed by atoms with Gasteiger partial charge in [-0.2, -0.15) is 0 Å². The summed E-state index contributed by atoms with van der Waals surface area (Å²) in [6, 6.07) is 13.9. The van der Waals surface area contributed by atoms with Crippen molar-refractivity contribution >= 4 is 57.9 Å². The molecule has 4 aromatic rings. The van der Waals surface area contributed by atoms with Gasteiger partial charge in [-0.15, -0.1) is 0 Å². The third kappa shape index (κ3) is 7.62. The molecule has 13 rings (SSSR count). The Bertz CT molecular complexity index is 2810. The van der Waals surface area contributed by atoms with Crippen LogP contribution < -0.4 is 20.4 Å². The topological polar surface area (TPSA) is 169 Å². The Morgan fingerprint density at radius 3 is 2.35 bits per heavy atom. The number of nitrogens with one attached hydrogen (secondary N) is 2. The molecule has 16 nitrogen and oxygen atoms in total. The monoisotopic (exact) mass is 962 g/mol. The van der Waals surface area contributed by atoms with Crippen molar-refractivity contribution in [3.63, 3.8) is 0 Å². The van der Waals surface area contributed by atoms with Gasteiger partial charge in [-0.3, -0.25) is 29.3 Å². The van der Waals surface area contributed by atoms with Gasteiger partial charge in [0.15, 0.2) is 5.82 Å². The first-order valence-corrected chi connectivity index (χ1v) is 27.0. The first kappa shape index (κ1) is 45.0. The Kier molecular flexibility index (Phi) is 10.8. The van der Waals surface area contributed by atoms with Gasteiger partial charge in [0, 0.05) is 93.2 Å². The number of carbonyl (C=O) groups is 5. The highest BCUT2D eigenvalue weighted by Gasteiger charge is 2.67. The van der Waals surface area contributed by atoms with E-state index in [0.29, 0.717) is 89.9 Å². The first-order chi connectivity index (χ1) is 34.5. The molecule has 2 N–H and O–H groups in total. The van der Waals surface area contributed by atoms with Crippen LogP contribution in [0, 0.1) is 17.3 Å². The van der Waals surface area contributed by atoms with Crippen molar-refractivity contribution in [1.82, 2.24) is 39.5 Å². The number of nitrogens with zero attached hydrogens (tertiary/aromatic N) is 9. The number of pyridine rings is 2. The smallest absolute Gasteiger partial charge is 0.238 e. The van der Waals surface area contributed by atoms with Crippen molar-refractivity contribution in [3.8, 4) is 11.3 Å². The number of amides is 5. The van der Waals surface area contributed by atoms with Crippen molar-refractivity contribution in [2.75, 3.05) is 67.5 Å². The van der Waals surface area contributed by atoms with E-state index in [1.54, 1.807) is 6.20 Å². The van der Waals surface area contributed by atoms with Gasteiger partial charge < -0.3 is 34.4 Å². The molecule has 6 aliphatic heterocycles. The van der Waals surface area contributed by atoms with Crippen LogP contribution in [-0.4, -0.2) is 134 Å². The number of carbonyl (C=O) groups excluding carboxylic acids is 5. The van der Waals surface area contributed by atoms with Crippen LogP contribution in [-0.2, 0) is 29.4 Å². The van der Waals surface area contributed by atoms with Gasteiger partial charge in [-0.05, 0) is 139 Å². The van der Waals surface area contributed by atoms with Gasteiger partial charge >= 0.3 is 0 Å². The second-order valence-corrected chi connectivity index (χ2v) is 23.0. The predicted octanol–water partition coefficient (Wildman–Crippen LogP) is 6.16. The van der Waals surface area contributed by atoms with E-state index >= 15 is 4.79 Å². The number of hydrogen-bond donors (Lipinski definition) is 2. The second-order valence-electron chi connectivity index (χ2n) is 23.0. The zero-order valence-electron chi connectivity index (χ0n) is 41.3. The molecule has 3 aliphatic carbocycles. The first-order valence-electron chi connectivity index (χ1n) is 27.0. The van der Waals surface area contributed by atoms with Crippen molar-refractivity contribution < 1.29 is 24.0 Å². The lowest BCUT2D eigenvalue weighted by molar-refractivity contribution is -0.142. The molecule has 3 saturated carbocycles. The molecule has 71 heavy (non-hydrogen) atoms. The van der Waals surface area contributed by atoms with Crippen molar-refractivity contribution in [1.29, 1.82) is 0 Å². The van der Waals surface area contributed by atoms with Gasteiger partial charge in [0.25, 0.3) is 0 Å². The zero-order chi connectivity index (χ0) is 48.3. The van der Waals surface area contributed by atoms with Gasteiger partial charge in [0.1, 0.15) is 11.3 Å². The van der Waals surface area contributed by atoms with E-state index < -0.39 is 10.8 Å². The van der Waals surface area contributed by atoms with E-state index in [2.05, 4.69) is 73.0 Å². The van der Waals surface area contributed by atoms with Crippen molar-refractivity contribution in [3.05, 3.63) is 60.0 Å². The number of benzene rings is 1. The molecule has 3 atom stereocenters. The highest BCUT2D eigenvalue weighted by atomic mass is 16.2. The molecule has 8 fully saturated rings. The normalized spacial score (nSPS) is 28.6. The van der Waals surface area contributed by atoms with Crippen LogP contribution in [0.5, 0.6) is 0 Å². The van der Waals surface area contributed by atoms with Crippen LogP contribution in [0.2, 0.25) is 0 Å². The quantitative estimate of drug-likeness (QED) is 0.175. The molecule has 0 radical (unpaired) electrons. The van der Waals surface area contributed by atoms with Crippen LogP contribution in [0.1, 0.15) is 127 Å². The van der Waals surface area contributed by atoms with Crippen LogP contribution in [0.25, 0.3) is 22.3 Å². The highest BCUT2D eigenvalue weighted by Crippen LogP contribution is 2.60.